The van der Waals surface area contributed by atoms with E-state index in [-0.39, 0.29) is 23.9 Å². The number of esters is 1. The van der Waals surface area contributed by atoms with Gasteiger partial charge in [-0.25, -0.2) is 0 Å². The van der Waals surface area contributed by atoms with E-state index in [0.717, 1.165) is 5.56 Å². The van der Waals surface area contributed by atoms with Crippen molar-refractivity contribution in [1.29, 1.82) is 0 Å². The molecule has 2 rings (SSSR count). The number of amides is 2. The zero-order valence-electron chi connectivity index (χ0n) is 15.2. The van der Waals surface area contributed by atoms with E-state index in [9.17, 15) is 14.4 Å². The third kappa shape index (κ3) is 6.87. The fraction of sp³-hybridized carbons (Fsp3) is 0.250. The van der Waals surface area contributed by atoms with E-state index >= 15 is 0 Å². The van der Waals surface area contributed by atoms with Gasteiger partial charge in [-0.1, -0.05) is 59.6 Å². The summed E-state index contributed by atoms with van der Waals surface area (Å²) >= 11 is 11.9. The molecule has 2 N–H and O–H groups in total. The van der Waals surface area contributed by atoms with Gasteiger partial charge in [-0.3, -0.25) is 14.4 Å². The molecular formula is C20H20Cl2N2O4. The molecule has 0 aliphatic heterocycles. The van der Waals surface area contributed by atoms with Gasteiger partial charge < -0.3 is 15.4 Å². The molecule has 0 saturated heterocycles. The van der Waals surface area contributed by atoms with Crippen molar-refractivity contribution in [3.8, 4) is 0 Å². The highest BCUT2D eigenvalue weighted by Crippen LogP contribution is 2.29. The second-order valence-corrected chi connectivity index (χ2v) is 6.80. The minimum atomic E-state index is -0.644. The molecule has 0 aliphatic carbocycles. The number of anilines is 1. The maximum Gasteiger partial charge on any atom is 0.306 e. The monoisotopic (exact) mass is 422 g/mol. The van der Waals surface area contributed by atoms with Gasteiger partial charge in [0.25, 0.3) is 5.91 Å². The number of nitrogens with one attached hydrogen (secondary N) is 2. The average molecular weight is 423 g/mol. The van der Waals surface area contributed by atoms with E-state index in [1.807, 2.05) is 37.3 Å². The van der Waals surface area contributed by atoms with Crippen molar-refractivity contribution in [3.63, 3.8) is 0 Å². The third-order valence-corrected chi connectivity index (χ3v) is 4.64. The van der Waals surface area contributed by atoms with E-state index in [1.165, 1.54) is 0 Å². The summed E-state index contributed by atoms with van der Waals surface area (Å²) in [5.41, 5.74) is 1.31. The Balaban J connectivity index is 1.70. The molecule has 0 heterocycles. The van der Waals surface area contributed by atoms with Crippen LogP contribution in [0, 0.1) is 0 Å². The van der Waals surface area contributed by atoms with Crippen LogP contribution in [0.3, 0.4) is 0 Å². The molecule has 2 aromatic rings. The van der Waals surface area contributed by atoms with Gasteiger partial charge in [0.15, 0.2) is 6.61 Å². The second-order valence-electron chi connectivity index (χ2n) is 6.01. The Bertz CT molecular complexity index is 843. The molecule has 6 nitrogen and oxygen atoms in total. The number of halogens is 2. The zero-order valence-corrected chi connectivity index (χ0v) is 16.7. The molecule has 0 spiro atoms. The first-order chi connectivity index (χ1) is 13.4. The molecule has 2 amide bonds. The van der Waals surface area contributed by atoms with Crippen molar-refractivity contribution in [3.05, 3.63) is 64.1 Å². The Morgan fingerprint density at radius 1 is 0.964 bits per heavy atom. The lowest BCUT2D eigenvalue weighted by Gasteiger charge is -2.14. The van der Waals surface area contributed by atoms with Gasteiger partial charge in [0.2, 0.25) is 5.91 Å². The summed E-state index contributed by atoms with van der Waals surface area (Å²) in [4.78, 5) is 35.6. The Hall–Kier alpha value is -2.57. The van der Waals surface area contributed by atoms with Crippen LogP contribution in [0.25, 0.3) is 0 Å². The van der Waals surface area contributed by atoms with E-state index in [1.54, 1.807) is 18.2 Å². The second kappa shape index (κ2) is 10.7. The Kier molecular flexibility index (Phi) is 8.29. The van der Waals surface area contributed by atoms with Crippen LogP contribution < -0.4 is 10.6 Å². The molecule has 0 fully saturated rings. The number of carbonyl (C=O) groups is 3. The first-order valence-corrected chi connectivity index (χ1v) is 9.36. The van der Waals surface area contributed by atoms with Crippen LogP contribution in [-0.4, -0.2) is 24.4 Å². The largest absolute Gasteiger partial charge is 0.456 e. The standard InChI is InChI=1S/C20H20Cl2N2O4/c1-13(14-6-3-2-4-7-14)23-18(26)12-28-19(27)11-10-17(25)24-16-9-5-8-15(21)20(16)22/h2-9,13H,10-12H2,1H3,(H,23,26)(H,24,25)/t13-/m0/s1. The van der Waals surface area contributed by atoms with E-state index in [4.69, 9.17) is 27.9 Å². The van der Waals surface area contributed by atoms with Crippen LogP contribution >= 0.6 is 23.2 Å². The number of hydrogen-bond donors (Lipinski definition) is 2. The molecule has 0 saturated carbocycles. The van der Waals surface area contributed by atoms with Gasteiger partial charge in [-0.15, -0.1) is 0 Å². The van der Waals surface area contributed by atoms with Crippen LogP contribution in [0.15, 0.2) is 48.5 Å². The van der Waals surface area contributed by atoms with Crippen molar-refractivity contribution in [2.24, 2.45) is 0 Å². The van der Waals surface area contributed by atoms with Crippen LogP contribution in [0.4, 0.5) is 5.69 Å². The van der Waals surface area contributed by atoms with E-state index in [2.05, 4.69) is 10.6 Å². The number of benzene rings is 2. The molecule has 148 valence electrons. The summed E-state index contributed by atoms with van der Waals surface area (Å²) in [6, 6.07) is 14.1. The van der Waals surface area contributed by atoms with Gasteiger partial charge in [0.05, 0.1) is 28.2 Å². The predicted molar refractivity (Wildman–Crippen MR) is 108 cm³/mol. The maximum absolute atomic E-state index is 11.9. The normalized spacial score (nSPS) is 11.4. The van der Waals surface area contributed by atoms with E-state index < -0.39 is 24.4 Å². The van der Waals surface area contributed by atoms with Crippen molar-refractivity contribution in [2.75, 3.05) is 11.9 Å². The quantitative estimate of drug-likeness (QED) is 0.626. The van der Waals surface area contributed by atoms with Crippen molar-refractivity contribution in [2.45, 2.75) is 25.8 Å². The summed E-state index contributed by atoms with van der Waals surface area (Å²) in [6.45, 7) is 1.43. The zero-order chi connectivity index (χ0) is 20.5. The number of carbonyl (C=O) groups excluding carboxylic acids is 3. The average Bonchev–Trinajstić information content (AvgIpc) is 2.69. The highest BCUT2D eigenvalue weighted by atomic mass is 35.5. The van der Waals surface area contributed by atoms with Crippen molar-refractivity contribution in [1.82, 2.24) is 5.32 Å². The highest BCUT2D eigenvalue weighted by Gasteiger charge is 2.14. The predicted octanol–water partition coefficient (Wildman–Crippen LogP) is 4.13. The third-order valence-electron chi connectivity index (χ3n) is 3.82. The van der Waals surface area contributed by atoms with Gasteiger partial charge in [0, 0.05) is 6.42 Å². The molecule has 0 bridgehead atoms. The molecule has 1 atom stereocenters. The summed E-state index contributed by atoms with van der Waals surface area (Å²) in [6.07, 6.45) is -0.269. The molecule has 0 aliphatic rings. The number of ether oxygens (including phenoxy) is 1. The molecule has 2 aromatic carbocycles. The fourth-order valence-electron chi connectivity index (χ4n) is 2.36. The smallest absolute Gasteiger partial charge is 0.306 e. The Labute approximate surface area is 173 Å². The first kappa shape index (κ1) is 21.7. The van der Waals surface area contributed by atoms with Gasteiger partial charge in [0.1, 0.15) is 0 Å². The lowest BCUT2D eigenvalue weighted by atomic mass is 10.1. The fourth-order valence-corrected chi connectivity index (χ4v) is 2.70. The van der Waals surface area contributed by atoms with E-state index in [0.29, 0.717) is 10.7 Å². The number of hydrogen-bond acceptors (Lipinski definition) is 4. The molecule has 28 heavy (non-hydrogen) atoms. The minimum absolute atomic E-state index is 0.107. The van der Waals surface area contributed by atoms with Crippen LogP contribution in [0.2, 0.25) is 10.0 Å². The topological polar surface area (TPSA) is 84.5 Å². The maximum atomic E-state index is 11.9. The highest BCUT2D eigenvalue weighted by molar-refractivity contribution is 6.43. The van der Waals surface area contributed by atoms with Gasteiger partial charge >= 0.3 is 5.97 Å². The summed E-state index contributed by atoms with van der Waals surface area (Å²) in [5.74, 6) is -1.47. The Morgan fingerprint density at radius 3 is 2.39 bits per heavy atom. The summed E-state index contributed by atoms with van der Waals surface area (Å²) in [5, 5.41) is 5.85. The van der Waals surface area contributed by atoms with Crippen LogP contribution in [-0.2, 0) is 19.1 Å². The molecule has 0 aromatic heterocycles. The Morgan fingerprint density at radius 2 is 1.68 bits per heavy atom. The molecule has 0 radical (unpaired) electrons. The lowest BCUT2D eigenvalue weighted by Crippen LogP contribution is -2.31. The van der Waals surface area contributed by atoms with Crippen molar-refractivity contribution < 1.29 is 19.1 Å². The molecular weight excluding hydrogens is 403 g/mol. The van der Waals surface area contributed by atoms with Crippen LogP contribution in [0.5, 0.6) is 0 Å². The molecule has 0 unspecified atom stereocenters. The lowest BCUT2D eigenvalue weighted by molar-refractivity contribution is -0.149. The molecule has 8 heteroatoms. The first-order valence-electron chi connectivity index (χ1n) is 8.60. The number of rotatable bonds is 8. The summed E-state index contributed by atoms with van der Waals surface area (Å²) < 4.78 is 4.91. The van der Waals surface area contributed by atoms with Crippen molar-refractivity contribution >= 4 is 46.7 Å². The van der Waals surface area contributed by atoms with Gasteiger partial charge in [-0.05, 0) is 24.6 Å². The van der Waals surface area contributed by atoms with Gasteiger partial charge in [-0.2, -0.15) is 0 Å². The SMILES string of the molecule is C[C@H](NC(=O)COC(=O)CCC(=O)Nc1cccc(Cl)c1Cl)c1ccccc1. The van der Waals surface area contributed by atoms with Crippen LogP contribution in [0.1, 0.15) is 31.4 Å². The summed E-state index contributed by atoms with van der Waals surface area (Å²) in [7, 11) is 0. The minimum Gasteiger partial charge on any atom is -0.456 e.